The van der Waals surface area contributed by atoms with E-state index in [0.29, 0.717) is 11.8 Å². The van der Waals surface area contributed by atoms with Gasteiger partial charge in [-0.2, -0.15) is 4.98 Å². The molecule has 88 valence electrons. The molecular formula is C12H13N3O2. The summed E-state index contributed by atoms with van der Waals surface area (Å²) in [5.74, 6) is 2.56. The van der Waals surface area contributed by atoms with Crippen molar-refractivity contribution in [2.45, 2.75) is 5.92 Å². The fourth-order valence-corrected chi connectivity index (χ4v) is 1.72. The molecule has 1 aliphatic rings. The smallest absolute Gasteiger partial charge is 0.257 e. The lowest BCUT2D eigenvalue weighted by Crippen LogP contribution is -2.40. The standard InChI is InChI=1S/C12H13N3O2/c1-16-10-4-2-8(3-5-10)12-14-11(15-17-12)9-6-13-7-9/h2-5,9,13H,6-7H2,1H3. The van der Waals surface area contributed by atoms with Gasteiger partial charge in [0.2, 0.25) is 0 Å². The minimum atomic E-state index is 0.394. The van der Waals surface area contributed by atoms with Gasteiger partial charge in [-0.25, -0.2) is 0 Å². The first kappa shape index (κ1) is 10.3. The van der Waals surface area contributed by atoms with Gasteiger partial charge >= 0.3 is 0 Å². The van der Waals surface area contributed by atoms with E-state index in [0.717, 1.165) is 30.2 Å². The highest BCUT2D eigenvalue weighted by atomic mass is 16.5. The summed E-state index contributed by atoms with van der Waals surface area (Å²) in [7, 11) is 1.64. The summed E-state index contributed by atoms with van der Waals surface area (Å²) >= 11 is 0. The Morgan fingerprint density at radius 2 is 2.06 bits per heavy atom. The van der Waals surface area contributed by atoms with Crippen molar-refractivity contribution >= 4 is 0 Å². The normalized spacial score (nSPS) is 15.6. The van der Waals surface area contributed by atoms with E-state index in [2.05, 4.69) is 15.5 Å². The largest absolute Gasteiger partial charge is 0.497 e. The van der Waals surface area contributed by atoms with Gasteiger partial charge in [-0.3, -0.25) is 0 Å². The maximum atomic E-state index is 5.25. The summed E-state index contributed by atoms with van der Waals surface area (Å²) in [6, 6.07) is 7.58. The highest BCUT2D eigenvalue weighted by molar-refractivity contribution is 5.54. The first-order chi connectivity index (χ1) is 8.36. The zero-order valence-electron chi connectivity index (χ0n) is 9.51. The third kappa shape index (κ3) is 1.89. The number of nitrogens with one attached hydrogen (secondary N) is 1. The minimum absolute atomic E-state index is 0.394. The van der Waals surface area contributed by atoms with Crippen LogP contribution in [0.2, 0.25) is 0 Å². The molecule has 2 aromatic rings. The first-order valence-electron chi connectivity index (χ1n) is 5.55. The zero-order valence-corrected chi connectivity index (χ0v) is 9.51. The molecule has 0 amide bonds. The van der Waals surface area contributed by atoms with Crippen LogP contribution >= 0.6 is 0 Å². The lowest BCUT2D eigenvalue weighted by molar-refractivity contribution is 0.382. The van der Waals surface area contributed by atoms with E-state index in [1.54, 1.807) is 7.11 Å². The molecule has 1 aromatic heterocycles. The Hall–Kier alpha value is -1.88. The van der Waals surface area contributed by atoms with Crippen LogP contribution in [0.4, 0.5) is 0 Å². The van der Waals surface area contributed by atoms with E-state index >= 15 is 0 Å². The SMILES string of the molecule is COc1ccc(-c2nc(C3CNC3)no2)cc1. The van der Waals surface area contributed by atoms with Crippen molar-refractivity contribution < 1.29 is 9.26 Å². The highest BCUT2D eigenvalue weighted by Crippen LogP contribution is 2.23. The number of ether oxygens (including phenoxy) is 1. The Bertz CT molecular complexity index is 503. The second kappa shape index (κ2) is 4.18. The molecule has 17 heavy (non-hydrogen) atoms. The molecule has 1 saturated heterocycles. The van der Waals surface area contributed by atoms with Crippen molar-refractivity contribution in [1.82, 2.24) is 15.5 Å². The van der Waals surface area contributed by atoms with Gasteiger partial charge in [-0.1, -0.05) is 5.16 Å². The molecule has 1 fully saturated rings. The third-order valence-electron chi connectivity index (χ3n) is 2.93. The summed E-state index contributed by atoms with van der Waals surface area (Å²) in [5.41, 5.74) is 0.914. The van der Waals surface area contributed by atoms with Gasteiger partial charge < -0.3 is 14.6 Å². The maximum Gasteiger partial charge on any atom is 0.257 e. The highest BCUT2D eigenvalue weighted by Gasteiger charge is 2.24. The van der Waals surface area contributed by atoms with Crippen molar-refractivity contribution in [3.63, 3.8) is 0 Å². The van der Waals surface area contributed by atoms with Crippen LogP contribution in [0.25, 0.3) is 11.5 Å². The number of methoxy groups -OCH3 is 1. The Kier molecular flexibility index (Phi) is 2.53. The van der Waals surface area contributed by atoms with Crippen LogP contribution in [-0.2, 0) is 0 Å². The van der Waals surface area contributed by atoms with Crippen LogP contribution in [0.15, 0.2) is 28.8 Å². The molecule has 3 rings (SSSR count). The Morgan fingerprint density at radius 3 is 2.65 bits per heavy atom. The minimum Gasteiger partial charge on any atom is -0.497 e. The first-order valence-corrected chi connectivity index (χ1v) is 5.55. The maximum absolute atomic E-state index is 5.25. The molecule has 0 saturated carbocycles. The van der Waals surface area contributed by atoms with Gasteiger partial charge in [0.15, 0.2) is 5.82 Å². The molecule has 0 atom stereocenters. The molecule has 0 bridgehead atoms. The summed E-state index contributed by atoms with van der Waals surface area (Å²) in [6.45, 7) is 1.86. The molecule has 5 heteroatoms. The molecule has 1 aromatic carbocycles. The van der Waals surface area contributed by atoms with Crippen LogP contribution in [0.5, 0.6) is 5.75 Å². The fourth-order valence-electron chi connectivity index (χ4n) is 1.72. The second-order valence-electron chi connectivity index (χ2n) is 4.04. The topological polar surface area (TPSA) is 60.2 Å². The van der Waals surface area contributed by atoms with Gasteiger partial charge in [-0.05, 0) is 24.3 Å². The molecule has 0 aliphatic carbocycles. The number of hydrogen-bond donors (Lipinski definition) is 1. The predicted molar refractivity (Wildman–Crippen MR) is 61.9 cm³/mol. The molecule has 0 radical (unpaired) electrons. The van der Waals surface area contributed by atoms with Crippen molar-refractivity contribution in [2.24, 2.45) is 0 Å². The van der Waals surface area contributed by atoms with E-state index in [-0.39, 0.29) is 0 Å². The predicted octanol–water partition coefficient (Wildman–Crippen LogP) is 1.43. The van der Waals surface area contributed by atoms with E-state index in [9.17, 15) is 0 Å². The van der Waals surface area contributed by atoms with Crippen molar-refractivity contribution in [1.29, 1.82) is 0 Å². The van der Waals surface area contributed by atoms with Crippen molar-refractivity contribution in [3.05, 3.63) is 30.1 Å². The Balaban J connectivity index is 1.84. The number of benzene rings is 1. The van der Waals surface area contributed by atoms with E-state index in [1.165, 1.54) is 0 Å². The fraction of sp³-hybridized carbons (Fsp3) is 0.333. The summed E-state index contributed by atoms with van der Waals surface area (Å²) in [4.78, 5) is 4.40. The van der Waals surface area contributed by atoms with E-state index in [1.807, 2.05) is 24.3 Å². The van der Waals surface area contributed by atoms with Crippen LogP contribution in [-0.4, -0.2) is 30.3 Å². The Morgan fingerprint density at radius 1 is 1.29 bits per heavy atom. The van der Waals surface area contributed by atoms with Gasteiger partial charge in [0, 0.05) is 24.6 Å². The summed E-state index contributed by atoms with van der Waals surface area (Å²) < 4.78 is 10.4. The molecular weight excluding hydrogens is 218 g/mol. The lowest BCUT2D eigenvalue weighted by Gasteiger charge is -2.23. The molecule has 5 nitrogen and oxygen atoms in total. The van der Waals surface area contributed by atoms with Gasteiger partial charge in [0.05, 0.1) is 7.11 Å². The number of hydrogen-bond acceptors (Lipinski definition) is 5. The monoisotopic (exact) mass is 231 g/mol. The average Bonchev–Trinajstić information content (AvgIpc) is 2.76. The average molecular weight is 231 g/mol. The van der Waals surface area contributed by atoms with Gasteiger partial charge in [0.1, 0.15) is 5.75 Å². The molecule has 2 heterocycles. The number of aromatic nitrogens is 2. The number of nitrogens with zero attached hydrogens (tertiary/aromatic N) is 2. The molecule has 1 N–H and O–H groups in total. The zero-order chi connectivity index (χ0) is 11.7. The molecule has 1 aliphatic heterocycles. The van der Waals surface area contributed by atoms with Crippen LogP contribution < -0.4 is 10.1 Å². The van der Waals surface area contributed by atoms with Crippen LogP contribution in [0, 0.1) is 0 Å². The summed E-state index contributed by atoms with van der Waals surface area (Å²) in [6.07, 6.45) is 0. The Labute approximate surface area is 98.8 Å². The van der Waals surface area contributed by atoms with Gasteiger partial charge in [-0.15, -0.1) is 0 Å². The number of rotatable bonds is 3. The van der Waals surface area contributed by atoms with Crippen LogP contribution in [0.3, 0.4) is 0 Å². The second-order valence-corrected chi connectivity index (χ2v) is 4.04. The van der Waals surface area contributed by atoms with Crippen molar-refractivity contribution in [2.75, 3.05) is 20.2 Å². The van der Waals surface area contributed by atoms with Crippen LogP contribution in [0.1, 0.15) is 11.7 Å². The van der Waals surface area contributed by atoms with E-state index in [4.69, 9.17) is 9.26 Å². The van der Waals surface area contributed by atoms with Crippen molar-refractivity contribution in [3.8, 4) is 17.2 Å². The lowest BCUT2D eigenvalue weighted by atomic mass is 10.0. The quantitative estimate of drug-likeness (QED) is 0.866. The van der Waals surface area contributed by atoms with Gasteiger partial charge in [0.25, 0.3) is 5.89 Å². The third-order valence-corrected chi connectivity index (χ3v) is 2.93. The van der Waals surface area contributed by atoms with E-state index < -0.39 is 0 Å². The molecule has 0 spiro atoms. The summed E-state index contributed by atoms with van der Waals surface area (Å²) in [5, 5.41) is 7.19. The molecule has 0 unspecified atom stereocenters.